The van der Waals surface area contributed by atoms with Crippen LogP contribution in [0.4, 0.5) is 0 Å². The number of nitrogens with zero attached hydrogens (tertiary/aromatic N) is 2. The average Bonchev–Trinajstić information content (AvgIpc) is 2.35. The second-order valence-corrected chi connectivity index (χ2v) is 5.98. The van der Waals surface area contributed by atoms with Crippen LogP contribution in [0, 0.1) is 3.70 Å². The summed E-state index contributed by atoms with van der Waals surface area (Å²) in [6.07, 6.45) is 9.56. The van der Waals surface area contributed by atoms with Gasteiger partial charge in [0, 0.05) is 6.20 Å². The molecule has 1 rings (SSSR count). The number of unbranched alkanes of at least 4 members (excludes halogenated alkanes) is 3. The first-order valence-electron chi connectivity index (χ1n) is 6.61. The van der Waals surface area contributed by atoms with Gasteiger partial charge in [-0.25, -0.2) is 0 Å². The highest BCUT2D eigenvalue weighted by molar-refractivity contribution is 14.1. The molecule has 1 heterocycles. The first-order valence-corrected chi connectivity index (χ1v) is 7.69. The molecule has 1 aromatic rings. The Morgan fingerprint density at radius 2 is 2.00 bits per heavy atom. The van der Waals surface area contributed by atoms with Crippen LogP contribution in [0.25, 0.3) is 0 Å². The maximum atomic E-state index is 4.17. The molecule has 0 saturated carbocycles. The van der Waals surface area contributed by atoms with Crippen LogP contribution < -0.4 is 0 Å². The quantitative estimate of drug-likeness (QED) is 0.527. The summed E-state index contributed by atoms with van der Waals surface area (Å²) in [6, 6.07) is 2.14. The zero-order valence-corrected chi connectivity index (χ0v) is 13.3. The van der Waals surface area contributed by atoms with Gasteiger partial charge in [0.15, 0.2) is 0 Å². The largest absolute Gasteiger partial charge is 0.158 e. The van der Waals surface area contributed by atoms with E-state index in [0.29, 0.717) is 0 Å². The Morgan fingerprint density at radius 1 is 1.24 bits per heavy atom. The lowest BCUT2D eigenvalue weighted by atomic mass is 9.77. The van der Waals surface area contributed by atoms with Crippen LogP contribution in [0.15, 0.2) is 12.3 Å². The molecule has 3 heteroatoms. The Bertz CT molecular complexity index is 341. The Hall–Kier alpha value is -0.190. The standard InChI is InChI=1S/C14H23IN2/c1-4-6-7-8-10-14(3,5-2)12-9-11-16-17-13(12)15/h9,11H,4-8,10H2,1-3H3. The van der Waals surface area contributed by atoms with E-state index >= 15 is 0 Å². The van der Waals surface area contributed by atoms with Gasteiger partial charge in [-0.1, -0.05) is 46.5 Å². The summed E-state index contributed by atoms with van der Waals surface area (Å²) < 4.78 is 1.06. The molecule has 1 aromatic heterocycles. The maximum absolute atomic E-state index is 4.17. The van der Waals surface area contributed by atoms with Crippen molar-refractivity contribution in [2.45, 2.75) is 64.7 Å². The Kier molecular flexibility index (Phi) is 6.38. The normalized spacial score (nSPS) is 14.6. The summed E-state index contributed by atoms with van der Waals surface area (Å²) >= 11 is 2.30. The third-order valence-electron chi connectivity index (χ3n) is 3.69. The fourth-order valence-corrected chi connectivity index (χ4v) is 3.16. The second kappa shape index (κ2) is 7.29. The molecule has 0 aromatic carbocycles. The topological polar surface area (TPSA) is 25.8 Å². The fourth-order valence-electron chi connectivity index (χ4n) is 2.21. The molecule has 2 nitrogen and oxygen atoms in total. The molecular formula is C14H23IN2. The first-order chi connectivity index (χ1) is 8.14. The van der Waals surface area contributed by atoms with Gasteiger partial charge < -0.3 is 0 Å². The second-order valence-electron chi connectivity index (χ2n) is 4.96. The van der Waals surface area contributed by atoms with Crippen LogP contribution in [0.5, 0.6) is 0 Å². The van der Waals surface area contributed by atoms with Crippen LogP contribution in [0.3, 0.4) is 0 Å². The van der Waals surface area contributed by atoms with E-state index in [1.165, 1.54) is 44.1 Å². The van der Waals surface area contributed by atoms with Crippen LogP contribution in [-0.4, -0.2) is 10.2 Å². The number of hydrogen-bond acceptors (Lipinski definition) is 2. The van der Waals surface area contributed by atoms with E-state index in [2.05, 4.69) is 59.6 Å². The minimum absolute atomic E-state index is 0.264. The lowest BCUT2D eigenvalue weighted by molar-refractivity contribution is 0.392. The highest BCUT2D eigenvalue weighted by Gasteiger charge is 2.26. The molecule has 17 heavy (non-hydrogen) atoms. The summed E-state index contributed by atoms with van der Waals surface area (Å²) in [5.74, 6) is 0. The fraction of sp³-hybridized carbons (Fsp3) is 0.714. The van der Waals surface area contributed by atoms with Gasteiger partial charge >= 0.3 is 0 Å². The van der Waals surface area contributed by atoms with Crippen molar-refractivity contribution >= 4 is 22.6 Å². The molecule has 0 aliphatic heterocycles. The van der Waals surface area contributed by atoms with Crippen LogP contribution >= 0.6 is 22.6 Å². The van der Waals surface area contributed by atoms with E-state index in [4.69, 9.17) is 0 Å². The van der Waals surface area contributed by atoms with Crippen LogP contribution in [0.1, 0.15) is 64.9 Å². The van der Waals surface area contributed by atoms with Crippen molar-refractivity contribution in [2.75, 3.05) is 0 Å². The van der Waals surface area contributed by atoms with Crippen molar-refractivity contribution in [1.82, 2.24) is 10.2 Å². The summed E-state index contributed by atoms with van der Waals surface area (Å²) in [4.78, 5) is 0. The minimum Gasteiger partial charge on any atom is -0.158 e. The molecule has 0 N–H and O–H groups in total. The smallest absolute Gasteiger partial charge is 0.127 e. The molecule has 0 aliphatic carbocycles. The van der Waals surface area contributed by atoms with Gasteiger partial charge in [-0.15, -0.1) is 5.10 Å². The summed E-state index contributed by atoms with van der Waals surface area (Å²) in [5.41, 5.74) is 1.63. The Balaban J connectivity index is 2.71. The van der Waals surface area contributed by atoms with Crippen LogP contribution in [-0.2, 0) is 5.41 Å². The minimum atomic E-state index is 0.264. The van der Waals surface area contributed by atoms with Crippen molar-refractivity contribution < 1.29 is 0 Å². The number of rotatable bonds is 7. The summed E-state index contributed by atoms with van der Waals surface area (Å²) in [6.45, 7) is 6.89. The number of aromatic nitrogens is 2. The molecule has 96 valence electrons. The molecule has 0 spiro atoms. The third-order valence-corrected chi connectivity index (χ3v) is 4.49. The molecule has 0 fully saturated rings. The highest BCUT2D eigenvalue weighted by atomic mass is 127. The molecule has 0 saturated heterocycles. The van der Waals surface area contributed by atoms with Crippen molar-refractivity contribution in [3.63, 3.8) is 0 Å². The Morgan fingerprint density at radius 3 is 2.59 bits per heavy atom. The van der Waals surface area contributed by atoms with Gasteiger partial charge in [-0.2, -0.15) is 5.10 Å². The van der Waals surface area contributed by atoms with Crippen molar-refractivity contribution in [1.29, 1.82) is 0 Å². The predicted octanol–water partition coefficient (Wildman–Crippen LogP) is 4.72. The van der Waals surface area contributed by atoms with Crippen molar-refractivity contribution in [2.24, 2.45) is 0 Å². The molecule has 1 unspecified atom stereocenters. The van der Waals surface area contributed by atoms with Gasteiger partial charge in [0.05, 0.1) is 0 Å². The monoisotopic (exact) mass is 346 g/mol. The number of hydrogen-bond donors (Lipinski definition) is 0. The maximum Gasteiger partial charge on any atom is 0.127 e. The third kappa shape index (κ3) is 4.19. The lowest BCUT2D eigenvalue weighted by Gasteiger charge is -2.29. The van der Waals surface area contributed by atoms with Gasteiger partial charge in [0.1, 0.15) is 3.70 Å². The van der Waals surface area contributed by atoms with Crippen molar-refractivity contribution in [3.05, 3.63) is 21.5 Å². The van der Waals surface area contributed by atoms with Crippen LogP contribution in [0.2, 0.25) is 0 Å². The average molecular weight is 346 g/mol. The van der Waals surface area contributed by atoms with E-state index in [9.17, 15) is 0 Å². The molecule has 1 atom stereocenters. The predicted molar refractivity (Wildman–Crippen MR) is 81.2 cm³/mol. The van der Waals surface area contributed by atoms with Gasteiger partial charge in [-0.3, -0.25) is 0 Å². The van der Waals surface area contributed by atoms with E-state index < -0.39 is 0 Å². The van der Waals surface area contributed by atoms with Gasteiger partial charge in [0.2, 0.25) is 0 Å². The molecule has 0 aliphatic rings. The Labute approximate surface area is 119 Å². The lowest BCUT2D eigenvalue weighted by Crippen LogP contribution is -2.23. The molecule has 0 bridgehead atoms. The highest BCUT2D eigenvalue weighted by Crippen LogP contribution is 2.34. The van der Waals surface area contributed by atoms with E-state index in [1.807, 2.05) is 6.20 Å². The zero-order valence-electron chi connectivity index (χ0n) is 11.2. The summed E-state index contributed by atoms with van der Waals surface area (Å²) in [7, 11) is 0. The van der Waals surface area contributed by atoms with E-state index in [-0.39, 0.29) is 5.41 Å². The summed E-state index contributed by atoms with van der Waals surface area (Å²) in [5, 5.41) is 8.12. The van der Waals surface area contributed by atoms with Gasteiger partial charge in [0.25, 0.3) is 0 Å². The first kappa shape index (κ1) is 14.9. The zero-order chi connectivity index (χ0) is 12.7. The molecule has 0 amide bonds. The molecule has 0 radical (unpaired) electrons. The van der Waals surface area contributed by atoms with E-state index in [0.717, 1.165) is 3.70 Å². The SMILES string of the molecule is CCCCCCC(C)(CC)c1ccnnc1I. The van der Waals surface area contributed by atoms with Gasteiger partial charge in [-0.05, 0) is 52.5 Å². The van der Waals surface area contributed by atoms with E-state index in [1.54, 1.807) is 0 Å². The number of halogens is 1. The molecular weight excluding hydrogens is 323 g/mol. The van der Waals surface area contributed by atoms with Crippen molar-refractivity contribution in [3.8, 4) is 0 Å².